The Kier molecular flexibility index (Phi) is 3.33. The second-order valence-corrected chi connectivity index (χ2v) is 3.55. The molecule has 0 amide bonds. The smallest absolute Gasteiger partial charge is 0.314 e. The fourth-order valence-corrected chi connectivity index (χ4v) is 1.52. The third kappa shape index (κ3) is 2.51. The van der Waals surface area contributed by atoms with Crippen molar-refractivity contribution in [1.29, 1.82) is 0 Å². The highest BCUT2D eigenvalue weighted by molar-refractivity contribution is 5.74. The number of nitrogen functional groups attached to an aromatic ring is 1. The van der Waals surface area contributed by atoms with Crippen LogP contribution in [0.25, 0.3) is 0 Å². The van der Waals surface area contributed by atoms with Crippen LogP contribution in [-0.4, -0.2) is 14.9 Å². The Morgan fingerprint density at radius 1 is 1.39 bits per heavy atom. The number of rotatable bonds is 4. The first kappa shape index (κ1) is 11.8. The van der Waals surface area contributed by atoms with Crippen LogP contribution < -0.4 is 11.1 Å². The van der Waals surface area contributed by atoms with Crippen molar-refractivity contribution >= 4 is 17.1 Å². The predicted molar refractivity (Wildman–Crippen MR) is 66.9 cm³/mol. The molecule has 1 heterocycles. The first-order valence-electron chi connectivity index (χ1n) is 5.20. The van der Waals surface area contributed by atoms with E-state index in [9.17, 15) is 10.1 Å². The minimum Gasteiger partial charge on any atom is -0.393 e. The topological polar surface area (TPSA) is 107 Å². The van der Waals surface area contributed by atoms with Crippen LogP contribution in [0.3, 0.4) is 0 Å². The number of anilines is 2. The number of para-hydroxylation sites is 1. The van der Waals surface area contributed by atoms with Crippen molar-refractivity contribution in [3.63, 3.8) is 0 Å². The monoisotopic (exact) mass is 245 g/mol. The zero-order valence-electron chi connectivity index (χ0n) is 9.41. The molecule has 0 aliphatic rings. The number of nitro benzene ring substituents is 1. The molecule has 0 aliphatic heterocycles. The molecule has 3 N–H and O–H groups in total. The molecular formula is C11H11N5O2. The van der Waals surface area contributed by atoms with Crippen LogP contribution in [0.5, 0.6) is 0 Å². The van der Waals surface area contributed by atoms with E-state index in [2.05, 4.69) is 15.3 Å². The second kappa shape index (κ2) is 5.09. The molecule has 2 aromatic rings. The summed E-state index contributed by atoms with van der Waals surface area (Å²) in [5, 5.41) is 13.9. The molecule has 0 radical (unpaired) electrons. The van der Waals surface area contributed by atoms with Gasteiger partial charge < -0.3 is 11.1 Å². The summed E-state index contributed by atoms with van der Waals surface area (Å²) in [5.41, 5.74) is 6.71. The number of hydrogen-bond donors (Lipinski definition) is 2. The van der Waals surface area contributed by atoms with Gasteiger partial charge in [0, 0.05) is 6.20 Å². The first-order chi connectivity index (χ1) is 8.68. The Labute approximate surface area is 103 Å². The average molecular weight is 245 g/mol. The van der Waals surface area contributed by atoms with E-state index in [-0.39, 0.29) is 11.4 Å². The van der Waals surface area contributed by atoms with Crippen LogP contribution in [0.2, 0.25) is 0 Å². The van der Waals surface area contributed by atoms with Crippen molar-refractivity contribution in [3.8, 4) is 0 Å². The van der Waals surface area contributed by atoms with Crippen LogP contribution in [-0.2, 0) is 6.54 Å². The molecule has 0 saturated heterocycles. The number of nitrogens with two attached hydrogens (primary N) is 1. The van der Waals surface area contributed by atoms with Gasteiger partial charge in [-0.3, -0.25) is 10.1 Å². The lowest BCUT2D eigenvalue weighted by Gasteiger charge is -2.07. The summed E-state index contributed by atoms with van der Waals surface area (Å²) >= 11 is 0. The first-order valence-corrected chi connectivity index (χ1v) is 5.20. The molecule has 0 aliphatic carbocycles. The van der Waals surface area contributed by atoms with E-state index in [4.69, 9.17) is 5.73 Å². The van der Waals surface area contributed by atoms with Gasteiger partial charge in [-0.05, 0) is 18.2 Å². The minimum atomic E-state index is -0.502. The van der Waals surface area contributed by atoms with Gasteiger partial charge in [0.15, 0.2) is 0 Å². The van der Waals surface area contributed by atoms with E-state index >= 15 is 0 Å². The van der Waals surface area contributed by atoms with Gasteiger partial charge in [-0.1, -0.05) is 6.07 Å². The summed E-state index contributed by atoms with van der Waals surface area (Å²) in [6.07, 6.45) is 3.03. The van der Waals surface area contributed by atoms with Crippen LogP contribution in [0.4, 0.5) is 17.1 Å². The van der Waals surface area contributed by atoms with Gasteiger partial charge in [0.2, 0.25) is 0 Å². The maximum atomic E-state index is 10.9. The molecule has 0 saturated carbocycles. The third-order valence-electron chi connectivity index (χ3n) is 2.35. The average Bonchev–Trinajstić information content (AvgIpc) is 2.37. The van der Waals surface area contributed by atoms with Gasteiger partial charge in [0.1, 0.15) is 17.7 Å². The molecule has 0 fully saturated rings. The summed E-state index contributed by atoms with van der Waals surface area (Å²) in [4.78, 5) is 18.2. The Balaban J connectivity index is 2.20. The van der Waals surface area contributed by atoms with Crippen molar-refractivity contribution < 1.29 is 4.92 Å². The fraction of sp³-hybridized carbons (Fsp3) is 0.0909. The van der Waals surface area contributed by atoms with E-state index in [0.717, 1.165) is 5.69 Å². The van der Waals surface area contributed by atoms with Crippen molar-refractivity contribution in [2.24, 2.45) is 0 Å². The number of benzene rings is 1. The molecule has 7 heteroatoms. The molecule has 0 atom stereocenters. The number of hydrogen-bond acceptors (Lipinski definition) is 6. The molecule has 2 rings (SSSR count). The Bertz CT molecular complexity index is 559. The van der Waals surface area contributed by atoms with Gasteiger partial charge in [-0.15, -0.1) is 0 Å². The van der Waals surface area contributed by atoms with E-state index in [0.29, 0.717) is 12.2 Å². The van der Waals surface area contributed by atoms with Crippen LogP contribution in [0.1, 0.15) is 5.69 Å². The predicted octanol–water partition coefficient (Wildman–Crippen LogP) is 1.58. The normalized spacial score (nSPS) is 10.0. The molecule has 0 bridgehead atoms. The Hall–Kier alpha value is -2.70. The molecular weight excluding hydrogens is 234 g/mol. The molecule has 0 unspecified atom stereocenters. The van der Waals surface area contributed by atoms with Gasteiger partial charge >= 0.3 is 5.69 Å². The summed E-state index contributed by atoms with van der Waals surface area (Å²) < 4.78 is 0. The van der Waals surface area contributed by atoms with E-state index in [1.165, 1.54) is 12.4 Å². The van der Waals surface area contributed by atoms with Crippen LogP contribution >= 0.6 is 0 Å². The number of nitro groups is 1. The van der Waals surface area contributed by atoms with Crippen molar-refractivity contribution in [1.82, 2.24) is 9.97 Å². The van der Waals surface area contributed by atoms with Gasteiger partial charge in [-0.2, -0.15) is 0 Å². The number of aromatic nitrogens is 2. The van der Waals surface area contributed by atoms with E-state index in [1.807, 2.05) is 0 Å². The van der Waals surface area contributed by atoms with Gasteiger partial charge in [0.05, 0.1) is 17.2 Å². The maximum absolute atomic E-state index is 10.9. The van der Waals surface area contributed by atoms with Crippen molar-refractivity contribution in [2.45, 2.75) is 6.54 Å². The number of nitrogens with zero attached hydrogens (tertiary/aromatic N) is 3. The molecule has 1 aromatic carbocycles. The lowest BCUT2D eigenvalue weighted by Crippen LogP contribution is -2.05. The van der Waals surface area contributed by atoms with E-state index < -0.39 is 4.92 Å². The fourth-order valence-electron chi connectivity index (χ4n) is 1.52. The third-order valence-corrected chi connectivity index (χ3v) is 2.35. The summed E-state index contributed by atoms with van der Waals surface area (Å²) in [6.45, 7) is 0.368. The van der Waals surface area contributed by atoms with Crippen molar-refractivity contribution in [2.75, 3.05) is 11.1 Å². The summed E-state index contributed by atoms with van der Waals surface area (Å²) in [5.74, 6) is 0. The van der Waals surface area contributed by atoms with E-state index in [1.54, 1.807) is 24.4 Å². The largest absolute Gasteiger partial charge is 0.393 e. The minimum absolute atomic E-state index is 0.119. The zero-order valence-corrected chi connectivity index (χ0v) is 9.41. The standard InChI is InChI=1S/C11H11N5O2/c12-9-2-1-3-10(11(9)16(17)18)14-6-8-4-5-13-7-15-8/h1-5,7,14H,6,12H2. The lowest BCUT2D eigenvalue weighted by atomic mass is 10.2. The molecule has 18 heavy (non-hydrogen) atoms. The number of nitrogens with one attached hydrogen (secondary N) is 1. The van der Waals surface area contributed by atoms with Crippen molar-refractivity contribution in [3.05, 3.63) is 52.6 Å². The highest BCUT2D eigenvalue weighted by atomic mass is 16.6. The SMILES string of the molecule is Nc1cccc(NCc2ccncn2)c1[N+](=O)[O-]. The summed E-state index contributed by atoms with van der Waals surface area (Å²) in [6, 6.07) is 6.49. The maximum Gasteiger partial charge on any atom is 0.314 e. The van der Waals surface area contributed by atoms with Crippen LogP contribution in [0, 0.1) is 10.1 Å². The van der Waals surface area contributed by atoms with Gasteiger partial charge in [-0.25, -0.2) is 9.97 Å². The van der Waals surface area contributed by atoms with Crippen LogP contribution in [0.15, 0.2) is 36.8 Å². The quantitative estimate of drug-likeness (QED) is 0.481. The second-order valence-electron chi connectivity index (χ2n) is 3.55. The zero-order chi connectivity index (χ0) is 13.0. The highest BCUT2D eigenvalue weighted by Gasteiger charge is 2.17. The molecule has 0 spiro atoms. The molecule has 7 nitrogen and oxygen atoms in total. The molecule has 1 aromatic heterocycles. The Morgan fingerprint density at radius 3 is 2.89 bits per heavy atom. The Morgan fingerprint density at radius 2 is 2.22 bits per heavy atom. The lowest BCUT2D eigenvalue weighted by molar-refractivity contribution is -0.383. The molecule has 92 valence electrons. The highest BCUT2D eigenvalue weighted by Crippen LogP contribution is 2.30. The summed E-state index contributed by atoms with van der Waals surface area (Å²) in [7, 11) is 0. The van der Waals surface area contributed by atoms with Gasteiger partial charge in [0.25, 0.3) is 0 Å².